The van der Waals surface area contributed by atoms with E-state index in [4.69, 9.17) is 4.74 Å². The molecule has 3 amide bonds. The second kappa shape index (κ2) is 9.33. The van der Waals surface area contributed by atoms with Crippen LogP contribution in [0.5, 0.6) is 11.5 Å². The Morgan fingerprint density at radius 3 is 2.19 bits per heavy atom. The highest BCUT2D eigenvalue weighted by Gasteiger charge is 2.24. The number of benzene rings is 2. The fourth-order valence-corrected chi connectivity index (χ4v) is 2.64. The predicted octanol–water partition coefficient (Wildman–Crippen LogP) is 4.74. The monoisotopic (exact) mass is 448 g/mol. The molecule has 3 N–H and O–H groups in total. The first-order valence-electron chi connectivity index (χ1n) is 9.07. The summed E-state index contributed by atoms with van der Waals surface area (Å²) in [6.07, 6.45) is 1.41. The molecule has 11 heteroatoms. The molecule has 0 aliphatic carbocycles. The number of hydrogen-bond donors (Lipinski definition) is 3. The second-order valence-corrected chi connectivity index (χ2v) is 6.42. The Labute approximate surface area is 179 Å². The molecule has 0 unspecified atom stereocenters. The third kappa shape index (κ3) is 4.77. The van der Waals surface area contributed by atoms with Crippen LogP contribution in [0.2, 0.25) is 0 Å². The van der Waals surface area contributed by atoms with Crippen molar-refractivity contribution in [3.8, 4) is 11.5 Å². The molecule has 0 aliphatic rings. The summed E-state index contributed by atoms with van der Waals surface area (Å²) in [6.45, 7) is 0.997. The maximum absolute atomic E-state index is 13.9. The fourth-order valence-electron chi connectivity index (χ4n) is 2.64. The summed E-state index contributed by atoms with van der Waals surface area (Å²) in [6, 6.07) is 7.88. The summed E-state index contributed by atoms with van der Waals surface area (Å²) in [5, 5.41) is 6.76. The molecule has 0 spiro atoms. The van der Waals surface area contributed by atoms with Crippen LogP contribution in [0.25, 0.3) is 0 Å². The molecule has 0 atom stereocenters. The molecule has 3 aromatic rings. The van der Waals surface area contributed by atoms with Crippen LogP contribution in [0.1, 0.15) is 16.1 Å². The number of urea groups is 1. The average Bonchev–Trinajstić information content (AvgIpc) is 2.80. The molecule has 7 nitrogen and oxygen atoms in total. The standard InChI is InChI=1S/C21H16F4N4O3/c1-10-15(22)16(23)17(24)18(25)19(10)29-21(31)28-11-3-5-12(6-4-11)32-13-7-8-27-14(9-13)20(30)26-2/h3-9H,1-2H3,(H,26,30)(H2,28,29,31). The van der Waals surface area contributed by atoms with E-state index >= 15 is 0 Å². The third-order valence-corrected chi connectivity index (χ3v) is 4.28. The van der Waals surface area contributed by atoms with Crippen molar-refractivity contribution in [1.29, 1.82) is 0 Å². The summed E-state index contributed by atoms with van der Waals surface area (Å²) in [4.78, 5) is 27.6. The normalized spacial score (nSPS) is 10.4. The Morgan fingerprint density at radius 1 is 0.875 bits per heavy atom. The number of ether oxygens (including phenoxy) is 1. The molecule has 0 radical (unpaired) electrons. The molecule has 1 aromatic heterocycles. The van der Waals surface area contributed by atoms with E-state index in [0.29, 0.717) is 11.5 Å². The SMILES string of the molecule is CNC(=O)c1cc(Oc2ccc(NC(=O)Nc3c(C)c(F)c(F)c(F)c3F)cc2)ccn1. The number of carbonyl (C=O) groups is 2. The highest BCUT2D eigenvalue weighted by atomic mass is 19.2. The van der Waals surface area contributed by atoms with Gasteiger partial charge in [-0.15, -0.1) is 0 Å². The van der Waals surface area contributed by atoms with Crippen LogP contribution in [0.4, 0.5) is 33.7 Å². The predicted molar refractivity (Wildman–Crippen MR) is 108 cm³/mol. The highest BCUT2D eigenvalue weighted by Crippen LogP contribution is 2.28. The summed E-state index contributed by atoms with van der Waals surface area (Å²) in [5.74, 6) is -6.96. The zero-order valence-corrected chi connectivity index (χ0v) is 16.7. The van der Waals surface area contributed by atoms with Crippen molar-refractivity contribution in [3.05, 3.63) is 77.1 Å². The number of nitrogens with zero attached hydrogens (tertiary/aromatic N) is 1. The second-order valence-electron chi connectivity index (χ2n) is 6.42. The molecule has 32 heavy (non-hydrogen) atoms. The number of pyridine rings is 1. The highest BCUT2D eigenvalue weighted by molar-refractivity contribution is 6.00. The van der Waals surface area contributed by atoms with Crippen molar-refractivity contribution in [2.45, 2.75) is 6.92 Å². The average molecular weight is 448 g/mol. The maximum atomic E-state index is 13.9. The van der Waals surface area contributed by atoms with Crippen molar-refractivity contribution < 1.29 is 31.9 Å². The van der Waals surface area contributed by atoms with Gasteiger partial charge in [-0.05, 0) is 37.3 Å². The van der Waals surface area contributed by atoms with Crippen LogP contribution < -0.4 is 20.7 Å². The minimum atomic E-state index is -2.03. The Morgan fingerprint density at radius 2 is 1.53 bits per heavy atom. The van der Waals surface area contributed by atoms with Gasteiger partial charge in [-0.25, -0.2) is 22.4 Å². The Bertz CT molecular complexity index is 1160. The van der Waals surface area contributed by atoms with Crippen molar-refractivity contribution in [3.63, 3.8) is 0 Å². The molecule has 0 bridgehead atoms. The molecular formula is C21H16F4N4O3. The van der Waals surface area contributed by atoms with Crippen molar-refractivity contribution in [1.82, 2.24) is 10.3 Å². The first-order chi connectivity index (χ1) is 15.2. The lowest BCUT2D eigenvalue weighted by molar-refractivity contribution is 0.0957. The van der Waals surface area contributed by atoms with E-state index in [9.17, 15) is 27.2 Å². The number of hydrogen-bond acceptors (Lipinski definition) is 4. The van der Waals surface area contributed by atoms with Gasteiger partial charge in [0.25, 0.3) is 5.91 Å². The fraction of sp³-hybridized carbons (Fsp3) is 0.0952. The van der Waals surface area contributed by atoms with Gasteiger partial charge >= 0.3 is 6.03 Å². The largest absolute Gasteiger partial charge is 0.457 e. The molecule has 0 saturated carbocycles. The lowest BCUT2D eigenvalue weighted by Gasteiger charge is -2.13. The van der Waals surface area contributed by atoms with Crippen LogP contribution >= 0.6 is 0 Å². The molecule has 1 heterocycles. The van der Waals surface area contributed by atoms with E-state index in [-0.39, 0.29) is 17.3 Å². The Kier molecular flexibility index (Phi) is 6.57. The Balaban J connectivity index is 1.68. The van der Waals surface area contributed by atoms with E-state index in [1.807, 2.05) is 5.32 Å². The maximum Gasteiger partial charge on any atom is 0.323 e. The molecule has 0 fully saturated rings. The third-order valence-electron chi connectivity index (χ3n) is 4.28. The first kappa shape index (κ1) is 22.5. The number of halogens is 4. The van der Waals surface area contributed by atoms with Crippen LogP contribution in [0.15, 0.2) is 42.6 Å². The topological polar surface area (TPSA) is 92.4 Å². The van der Waals surface area contributed by atoms with Gasteiger partial charge in [0.1, 0.15) is 17.2 Å². The molecule has 3 rings (SSSR count). The molecule has 2 aromatic carbocycles. The van der Waals surface area contributed by atoms with Gasteiger partial charge in [-0.3, -0.25) is 9.78 Å². The lowest BCUT2D eigenvalue weighted by atomic mass is 10.1. The van der Waals surface area contributed by atoms with E-state index in [2.05, 4.69) is 15.6 Å². The number of amides is 3. The summed E-state index contributed by atoms with van der Waals surface area (Å²) >= 11 is 0. The number of aromatic nitrogens is 1. The first-order valence-corrected chi connectivity index (χ1v) is 9.07. The summed E-state index contributed by atoms with van der Waals surface area (Å²) in [7, 11) is 1.47. The minimum Gasteiger partial charge on any atom is -0.457 e. The van der Waals surface area contributed by atoms with Crippen LogP contribution in [-0.4, -0.2) is 24.0 Å². The van der Waals surface area contributed by atoms with Gasteiger partial charge in [0.05, 0.1) is 5.69 Å². The minimum absolute atomic E-state index is 0.163. The van der Waals surface area contributed by atoms with Crippen molar-refractivity contribution >= 4 is 23.3 Å². The zero-order valence-electron chi connectivity index (χ0n) is 16.7. The van der Waals surface area contributed by atoms with Crippen LogP contribution in [0, 0.1) is 30.2 Å². The van der Waals surface area contributed by atoms with Gasteiger partial charge < -0.3 is 20.7 Å². The molecule has 0 saturated heterocycles. The quantitative estimate of drug-likeness (QED) is 0.299. The number of rotatable bonds is 5. The van der Waals surface area contributed by atoms with E-state index in [0.717, 1.165) is 6.92 Å². The number of anilines is 2. The van der Waals surface area contributed by atoms with Gasteiger partial charge in [-0.2, -0.15) is 0 Å². The van der Waals surface area contributed by atoms with Gasteiger partial charge in [0, 0.05) is 30.6 Å². The zero-order chi connectivity index (χ0) is 23.4. The van der Waals surface area contributed by atoms with Gasteiger partial charge in [-0.1, -0.05) is 0 Å². The lowest BCUT2D eigenvalue weighted by Crippen LogP contribution is -2.22. The Hall–Kier alpha value is -4.15. The summed E-state index contributed by atoms with van der Waals surface area (Å²) < 4.78 is 59.8. The van der Waals surface area contributed by atoms with Crippen molar-refractivity contribution in [2.24, 2.45) is 0 Å². The molecule has 0 aliphatic heterocycles. The smallest absolute Gasteiger partial charge is 0.323 e. The molecular weight excluding hydrogens is 432 g/mol. The van der Waals surface area contributed by atoms with Crippen molar-refractivity contribution in [2.75, 3.05) is 17.7 Å². The van der Waals surface area contributed by atoms with Gasteiger partial charge in [0.2, 0.25) is 0 Å². The van der Waals surface area contributed by atoms with Gasteiger partial charge in [0.15, 0.2) is 23.3 Å². The van der Waals surface area contributed by atoms with E-state index in [1.165, 1.54) is 43.6 Å². The number of nitrogens with one attached hydrogen (secondary N) is 3. The number of carbonyl (C=O) groups excluding carboxylic acids is 2. The molecule has 166 valence electrons. The summed E-state index contributed by atoms with van der Waals surface area (Å²) in [5.41, 5.74) is -0.995. The van der Waals surface area contributed by atoms with Crippen LogP contribution in [-0.2, 0) is 0 Å². The van der Waals surface area contributed by atoms with E-state index in [1.54, 1.807) is 6.07 Å². The van der Waals surface area contributed by atoms with Crippen LogP contribution in [0.3, 0.4) is 0 Å². The van der Waals surface area contributed by atoms with E-state index < -0.39 is 40.6 Å².